The Labute approximate surface area is 172 Å². The van der Waals surface area contributed by atoms with Crippen LogP contribution in [-0.2, 0) is 32.2 Å². The fraction of sp³-hybridized carbons (Fsp3) is 0.478. The van der Waals surface area contributed by atoms with Crippen LogP contribution in [0.15, 0.2) is 60.7 Å². The van der Waals surface area contributed by atoms with Crippen molar-refractivity contribution in [1.29, 1.82) is 0 Å². The van der Waals surface area contributed by atoms with Crippen LogP contribution in [0.2, 0.25) is 0 Å². The van der Waals surface area contributed by atoms with Crippen molar-refractivity contribution in [3.05, 3.63) is 71.8 Å². The summed E-state index contributed by atoms with van der Waals surface area (Å²) in [6, 6.07) is 19.5. The average molecular weight is 402 g/mol. The molecule has 6 heteroatoms. The predicted molar refractivity (Wildman–Crippen MR) is 108 cm³/mol. The molecule has 0 bridgehead atoms. The van der Waals surface area contributed by atoms with Gasteiger partial charge < -0.3 is 29.2 Å². The maximum atomic E-state index is 9.95. The standard InChI is InChI=1S/C23H30O6/c1-23(2)28-21(19(13-24)26-15-17-9-5-3-6-10-17)22(29-23)20(14-25)27-16-18-11-7-4-8-12-18/h3-12,19-22,24-25H,13-16H2,1-2H3/t19-,20-,21+,22+/m0/s1. The van der Waals surface area contributed by atoms with Gasteiger partial charge in [-0.3, -0.25) is 0 Å². The summed E-state index contributed by atoms with van der Waals surface area (Å²) in [5.41, 5.74) is 2.00. The molecule has 2 N–H and O–H groups in total. The number of ether oxygens (including phenoxy) is 4. The van der Waals surface area contributed by atoms with Gasteiger partial charge in [-0.05, 0) is 25.0 Å². The minimum absolute atomic E-state index is 0.232. The first-order valence-corrected chi connectivity index (χ1v) is 9.91. The van der Waals surface area contributed by atoms with E-state index < -0.39 is 30.2 Å². The highest BCUT2D eigenvalue weighted by molar-refractivity contribution is 5.14. The highest BCUT2D eigenvalue weighted by atomic mass is 16.8. The van der Waals surface area contributed by atoms with E-state index in [1.807, 2.05) is 60.7 Å². The second-order valence-corrected chi connectivity index (χ2v) is 7.60. The molecule has 0 spiro atoms. The van der Waals surface area contributed by atoms with E-state index in [4.69, 9.17) is 18.9 Å². The van der Waals surface area contributed by atoms with Crippen molar-refractivity contribution >= 4 is 0 Å². The Morgan fingerprint density at radius 3 is 1.48 bits per heavy atom. The predicted octanol–water partition coefficient (Wildman–Crippen LogP) is 2.66. The zero-order valence-electron chi connectivity index (χ0n) is 16.9. The number of hydrogen-bond donors (Lipinski definition) is 2. The molecule has 1 saturated heterocycles. The largest absolute Gasteiger partial charge is 0.394 e. The SMILES string of the molecule is CC1(C)O[C@H]([C@H](CO)OCc2ccccc2)[C@@H]([C@H](CO)OCc2ccccc2)O1. The van der Waals surface area contributed by atoms with E-state index in [9.17, 15) is 10.2 Å². The molecule has 3 rings (SSSR count). The van der Waals surface area contributed by atoms with Crippen LogP contribution in [0.3, 0.4) is 0 Å². The van der Waals surface area contributed by atoms with Gasteiger partial charge in [-0.1, -0.05) is 60.7 Å². The molecule has 29 heavy (non-hydrogen) atoms. The molecule has 158 valence electrons. The second-order valence-electron chi connectivity index (χ2n) is 7.60. The minimum Gasteiger partial charge on any atom is -0.394 e. The van der Waals surface area contributed by atoms with Crippen molar-refractivity contribution in [2.24, 2.45) is 0 Å². The van der Waals surface area contributed by atoms with Gasteiger partial charge in [0.05, 0.1) is 26.4 Å². The van der Waals surface area contributed by atoms with E-state index in [1.165, 1.54) is 0 Å². The third kappa shape index (κ3) is 6.09. The molecular weight excluding hydrogens is 372 g/mol. The van der Waals surface area contributed by atoms with Crippen LogP contribution >= 0.6 is 0 Å². The highest BCUT2D eigenvalue weighted by Crippen LogP contribution is 2.34. The summed E-state index contributed by atoms with van der Waals surface area (Å²) in [6.45, 7) is 3.82. The van der Waals surface area contributed by atoms with Crippen LogP contribution < -0.4 is 0 Å². The van der Waals surface area contributed by atoms with Gasteiger partial charge in [0.2, 0.25) is 0 Å². The van der Waals surface area contributed by atoms with Gasteiger partial charge in [-0.25, -0.2) is 0 Å². The second kappa shape index (κ2) is 10.3. The van der Waals surface area contributed by atoms with Gasteiger partial charge >= 0.3 is 0 Å². The topological polar surface area (TPSA) is 77.4 Å². The molecule has 6 nitrogen and oxygen atoms in total. The van der Waals surface area contributed by atoms with Gasteiger partial charge in [-0.2, -0.15) is 0 Å². The van der Waals surface area contributed by atoms with E-state index in [1.54, 1.807) is 13.8 Å². The summed E-state index contributed by atoms with van der Waals surface area (Å²) < 4.78 is 24.0. The number of hydrogen-bond acceptors (Lipinski definition) is 6. The molecule has 0 radical (unpaired) electrons. The molecule has 1 aliphatic heterocycles. The highest BCUT2D eigenvalue weighted by Gasteiger charge is 2.49. The molecule has 1 fully saturated rings. The normalized spacial score (nSPS) is 23.0. The van der Waals surface area contributed by atoms with Gasteiger partial charge in [0, 0.05) is 0 Å². The van der Waals surface area contributed by atoms with Crippen LogP contribution in [0.5, 0.6) is 0 Å². The van der Waals surface area contributed by atoms with Crippen molar-refractivity contribution in [3.8, 4) is 0 Å². The van der Waals surface area contributed by atoms with Crippen LogP contribution in [0.1, 0.15) is 25.0 Å². The van der Waals surface area contributed by atoms with Crippen molar-refractivity contribution in [1.82, 2.24) is 0 Å². The Kier molecular flexibility index (Phi) is 7.77. The fourth-order valence-corrected chi connectivity index (χ4v) is 3.45. The summed E-state index contributed by atoms with van der Waals surface area (Å²) in [5.74, 6) is -0.873. The van der Waals surface area contributed by atoms with Gasteiger partial charge in [0.1, 0.15) is 24.4 Å². The van der Waals surface area contributed by atoms with E-state index >= 15 is 0 Å². The molecule has 0 aliphatic carbocycles. The van der Waals surface area contributed by atoms with Crippen LogP contribution in [0, 0.1) is 0 Å². The van der Waals surface area contributed by atoms with Crippen molar-refractivity contribution in [3.63, 3.8) is 0 Å². The van der Waals surface area contributed by atoms with E-state index in [-0.39, 0.29) is 13.2 Å². The number of rotatable bonds is 10. The monoisotopic (exact) mass is 402 g/mol. The molecule has 4 atom stereocenters. The molecule has 0 amide bonds. The lowest BCUT2D eigenvalue weighted by molar-refractivity contribution is -0.170. The van der Waals surface area contributed by atoms with E-state index in [0.29, 0.717) is 13.2 Å². The van der Waals surface area contributed by atoms with Crippen LogP contribution in [-0.4, -0.2) is 53.6 Å². The first-order valence-electron chi connectivity index (χ1n) is 9.91. The Morgan fingerprint density at radius 2 is 1.14 bits per heavy atom. The van der Waals surface area contributed by atoms with E-state index in [2.05, 4.69) is 0 Å². The Morgan fingerprint density at radius 1 is 0.759 bits per heavy atom. The zero-order chi connectivity index (χ0) is 20.7. The fourth-order valence-electron chi connectivity index (χ4n) is 3.45. The summed E-state index contributed by atoms with van der Waals surface area (Å²) >= 11 is 0. The van der Waals surface area contributed by atoms with Crippen LogP contribution in [0.4, 0.5) is 0 Å². The Bertz CT molecular complexity index is 659. The molecule has 0 aromatic heterocycles. The third-order valence-electron chi connectivity index (χ3n) is 4.87. The summed E-state index contributed by atoms with van der Waals surface area (Å²) in [6.07, 6.45) is -2.38. The first kappa shape index (κ1) is 21.9. The van der Waals surface area contributed by atoms with Crippen molar-refractivity contribution in [2.75, 3.05) is 13.2 Å². The lowest BCUT2D eigenvalue weighted by atomic mass is 10.0. The third-order valence-corrected chi connectivity index (χ3v) is 4.87. The Balaban J connectivity index is 1.68. The molecule has 0 saturated carbocycles. The summed E-state index contributed by atoms with van der Waals surface area (Å²) in [4.78, 5) is 0. The molecule has 1 aliphatic rings. The average Bonchev–Trinajstić information content (AvgIpc) is 3.06. The number of aliphatic hydroxyl groups is 2. The number of aliphatic hydroxyl groups excluding tert-OH is 2. The lowest BCUT2D eigenvalue weighted by Crippen LogP contribution is -2.47. The van der Waals surface area contributed by atoms with Gasteiger partial charge in [0.25, 0.3) is 0 Å². The summed E-state index contributed by atoms with van der Waals surface area (Å²) in [7, 11) is 0. The molecule has 2 aromatic carbocycles. The quantitative estimate of drug-likeness (QED) is 0.636. The summed E-state index contributed by atoms with van der Waals surface area (Å²) in [5, 5.41) is 19.9. The molecule has 2 aromatic rings. The van der Waals surface area contributed by atoms with Gasteiger partial charge in [-0.15, -0.1) is 0 Å². The first-order chi connectivity index (χ1) is 14.0. The molecular formula is C23H30O6. The zero-order valence-corrected chi connectivity index (χ0v) is 16.9. The lowest BCUT2D eigenvalue weighted by Gasteiger charge is -2.29. The van der Waals surface area contributed by atoms with Crippen molar-refractivity contribution < 1.29 is 29.2 Å². The Hall–Kier alpha value is -1.80. The minimum atomic E-state index is -0.873. The van der Waals surface area contributed by atoms with E-state index in [0.717, 1.165) is 11.1 Å². The molecule has 1 heterocycles. The number of benzene rings is 2. The van der Waals surface area contributed by atoms with Crippen LogP contribution in [0.25, 0.3) is 0 Å². The maximum absolute atomic E-state index is 9.95. The van der Waals surface area contributed by atoms with Gasteiger partial charge in [0.15, 0.2) is 5.79 Å². The maximum Gasteiger partial charge on any atom is 0.164 e. The molecule has 0 unspecified atom stereocenters. The smallest absolute Gasteiger partial charge is 0.164 e. The van der Waals surface area contributed by atoms with Crippen molar-refractivity contribution in [2.45, 2.75) is 57.3 Å².